The Morgan fingerprint density at radius 3 is 1.96 bits per heavy atom. The van der Waals surface area contributed by atoms with Gasteiger partial charge in [-0.25, -0.2) is 4.79 Å². The topological polar surface area (TPSA) is 35.5 Å². The number of benzene rings is 1. The highest BCUT2D eigenvalue weighted by Crippen LogP contribution is 2.18. The van der Waals surface area contributed by atoms with E-state index in [2.05, 4.69) is 33.8 Å². The minimum absolute atomic E-state index is 0.160. The smallest absolute Gasteiger partial charge is 0.338 e. The van der Waals surface area contributed by atoms with Gasteiger partial charge < -0.3 is 9.47 Å². The third-order valence-electron chi connectivity index (χ3n) is 5.05. The first-order chi connectivity index (χ1) is 13.5. The van der Waals surface area contributed by atoms with Crippen molar-refractivity contribution >= 4 is 5.97 Å². The zero-order valence-corrected chi connectivity index (χ0v) is 18.9. The molecule has 0 radical (unpaired) electrons. The molecule has 0 N–H and O–H groups in total. The molecular formula is C25H42O3. The number of rotatable bonds is 15. The van der Waals surface area contributed by atoms with E-state index >= 15 is 0 Å². The van der Waals surface area contributed by atoms with Gasteiger partial charge in [0.1, 0.15) is 6.10 Å². The quantitative estimate of drug-likeness (QED) is 0.245. The number of methoxy groups -OCH3 is 1. The van der Waals surface area contributed by atoms with Crippen LogP contribution in [0.2, 0.25) is 0 Å². The molecule has 3 nitrogen and oxygen atoms in total. The first-order valence-corrected chi connectivity index (χ1v) is 11.3. The molecular weight excluding hydrogens is 348 g/mol. The van der Waals surface area contributed by atoms with Gasteiger partial charge in [-0.3, -0.25) is 0 Å². The normalized spacial score (nSPS) is 12.4. The molecule has 0 bridgehead atoms. The molecule has 1 atom stereocenters. The molecule has 0 saturated carbocycles. The van der Waals surface area contributed by atoms with Gasteiger partial charge in [0.25, 0.3) is 0 Å². The van der Waals surface area contributed by atoms with Crippen molar-refractivity contribution in [3.05, 3.63) is 34.9 Å². The minimum atomic E-state index is -0.211. The summed E-state index contributed by atoms with van der Waals surface area (Å²) in [7, 11) is 1.67. The molecule has 0 aliphatic heterocycles. The predicted molar refractivity (Wildman–Crippen MR) is 118 cm³/mol. The van der Waals surface area contributed by atoms with Crippen molar-refractivity contribution in [1.82, 2.24) is 0 Å². The van der Waals surface area contributed by atoms with Crippen LogP contribution in [-0.2, 0) is 22.3 Å². The summed E-state index contributed by atoms with van der Waals surface area (Å²) in [5.41, 5.74) is 3.15. The van der Waals surface area contributed by atoms with Crippen LogP contribution in [0.25, 0.3) is 0 Å². The van der Waals surface area contributed by atoms with Gasteiger partial charge in [0.2, 0.25) is 0 Å². The van der Waals surface area contributed by atoms with Crippen LogP contribution in [0.4, 0.5) is 0 Å². The second kappa shape index (κ2) is 14.6. The highest BCUT2D eigenvalue weighted by atomic mass is 16.6. The van der Waals surface area contributed by atoms with Gasteiger partial charge >= 0.3 is 5.97 Å². The second-order valence-corrected chi connectivity index (χ2v) is 8.41. The van der Waals surface area contributed by atoms with Gasteiger partial charge in [-0.15, -0.1) is 0 Å². The van der Waals surface area contributed by atoms with Crippen LogP contribution in [0.3, 0.4) is 0 Å². The van der Waals surface area contributed by atoms with Crippen LogP contribution in [-0.4, -0.2) is 25.8 Å². The molecule has 0 spiro atoms. The van der Waals surface area contributed by atoms with Gasteiger partial charge in [-0.05, 0) is 54.9 Å². The van der Waals surface area contributed by atoms with Crippen molar-refractivity contribution in [3.8, 4) is 0 Å². The molecule has 0 heterocycles. The third kappa shape index (κ3) is 10.3. The maximum Gasteiger partial charge on any atom is 0.338 e. The SMILES string of the molecule is CCCc1cc(CCC)cc(C(=O)OC(CCCCCCC(C)C)COC)c1. The van der Waals surface area contributed by atoms with E-state index in [0.29, 0.717) is 12.2 Å². The fourth-order valence-corrected chi connectivity index (χ4v) is 3.61. The van der Waals surface area contributed by atoms with Gasteiger partial charge in [-0.2, -0.15) is 0 Å². The van der Waals surface area contributed by atoms with Gasteiger partial charge in [-0.1, -0.05) is 72.3 Å². The highest BCUT2D eigenvalue weighted by Gasteiger charge is 2.17. The number of esters is 1. The lowest BCUT2D eigenvalue weighted by atomic mass is 10.00. The van der Waals surface area contributed by atoms with Gasteiger partial charge in [0.15, 0.2) is 0 Å². The van der Waals surface area contributed by atoms with E-state index in [-0.39, 0.29) is 12.1 Å². The van der Waals surface area contributed by atoms with Crippen molar-refractivity contribution in [2.45, 2.75) is 98.0 Å². The summed E-state index contributed by atoms with van der Waals surface area (Å²) < 4.78 is 11.1. The summed E-state index contributed by atoms with van der Waals surface area (Å²) in [6.07, 6.45) is 11.0. The van der Waals surface area contributed by atoms with Crippen LogP contribution in [0.5, 0.6) is 0 Å². The lowest BCUT2D eigenvalue weighted by Crippen LogP contribution is -2.23. The fraction of sp³-hybridized carbons (Fsp3) is 0.720. The van der Waals surface area contributed by atoms with E-state index in [1.165, 1.54) is 36.8 Å². The molecule has 1 rings (SSSR count). The van der Waals surface area contributed by atoms with Crippen molar-refractivity contribution in [3.63, 3.8) is 0 Å². The van der Waals surface area contributed by atoms with Gasteiger partial charge in [0.05, 0.1) is 12.2 Å². The van der Waals surface area contributed by atoms with Crippen LogP contribution in [0.1, 0.15) is 101 Å². The number of hydrogen-bond donors (Lipinski definition) is 0. The fourth-order valence-electron chi connectivity index (χ4n) is 3.61. The number of carbonyl (C=O) groups is 1. The number of carbonyl (C=O) groups excluding carboxylic acids is 1. The molecule has 0 aliphatic rings. The van der Waals surface area contributed by atoms with E-state index in [4.69, 9.17) is 9.47 Å². The zero-order chi connectivity index (χ0) is 20.8. The molecule has 0 amide bonds. The van der Waals surface area contributed by atoms with E-state index in [0.717, 1.165) is 44.4 Å². The Morgan fingerprint density at radius 2 is 1.46 bits per heavy atom. The number of hydrogen-bond acceptors (Lipinski definition) is 3. The third-order valence-corrected chi connectivity index (χ3v) is 5.05. The molecule has 0 saturated heterocycles. The van der Waals surface area contributed by atoms with Crippen molar-refractivity contribution in [2.24, 2.45) is 5.92 Å². The Morgan fingerprint density at radius 1 is 0.893 bits per heavy atom. The Labute approximate surface area is 173 Å². The molecule has 3 heteroatoms. The number of ether oxygens (including phenoxy) is 2. The lowest BCUT2D eigenvalue weighted by molar-refractivity contribution is 0.00234. The summed E-state index contributed by atoms with van der Waals surface area (Å²) in [5, 5.41) is 0. The van der Waals surface area contributed by atoms with E-state index < -0.39 is 0 Å². The summed E-state index contributed by atoms with van der Waals surface area (Å²) in [5.74, 6) is 0.570. The van der Waals surface area contributed by atoms with Crippen LogP contribution >= 0.6 is 0 Å². The Balaban J connectivity index is 2.62. The Hall–Kier alpha value is -1.35. The molecule has 0 fully saturated rings. The summed E-state index contributed by atoms with van der Waals surface area (Å²) in [6.45, 7) is 9.35. The highest BCUT2D eigenvalue weighted by molar-refractivity contribution is 5.90. The molecule has 0 aromatic heterocycles. The Bertz CT molecular complexity index is 526. The average Bonchev–Trinajstić information content (AvgIpc) is 2.64. The number of aryl methyl sites for hydroxylation is 2. The Kier molecular flexibility index (Phi) is 12.9. The van der Waals surface area contributed by atoms with Crippen LogP contribution < -0.4 is 0 Å². The monoisotopic (exact) mass is 390 g/mol. The molecule has 1 aromatic carbocycles. The maximum absolute atomic E-state index is 12.8. The second-order valence-electron chi connectivity index (χ2n) is 8.41. The standard InChI is InChI=1S/C25H42O3/c1-6-12-21-16-22(13-7-2)18-23(17-21)25(26)28-24(19-27-5)15-11-9-8-10-14-20(3)4/h16-18,20,24H,6-15,19H2,1-5H3. The van der Waals surface area contributed by atoms with E-state index in [1.54, 1.807) is 7.11 Å². The van der Waals surface area contributed by atoms with Crippen molar-refractivity contribution in [1.29, 1.82) is 0 Å². The minimum Gasteiger partial charge on any atom is -0.456 e. The summed E-state index contributed by atoms with van der Waals surface area (Å²) in [6, 6.07) is 6.23. The van der Waals surface area contributed by atoms with Crippen molar-refractivity contribution in [2.75, 3.05) is 13.7 Å². The van der Waals surface area contributed by atoms with Gasteiger partial charge in [0, 0.05) is 7.11 Å². The summed E-state index contributed by atoms with van der Waals surface area (Å²) in [4.78, 5) is 12.8. The molecule has 160 valence electrons. The molecule has 1 unspecified atom stereocenters. The first-order valence-electron chi connectivity index (χ1n) is 11.3. The first kappa shape index (κ1) is 24.7. The number of unbranched alkanes of at least 4 members (excludes halogenated alkanes) is 3. The van der Waals surface area contributed by atoms with E-state index in [1.807, 2.05) is 12.1 Å². The maximum atomic E-state index is 12.8. The summed E-state index contributed by atoms with van der Waals surface area (Å²) >= 11 is 0. The van der Waals surface area contributed by atoms with E-state index in [9.17, 15) is 4.79 Å². The van der Waals surface area contributed by atoms with Crippen molar-refractivity contribution < 1.29 is 14.3 Å². The van der Waals surface area contributed by atoms with Crippen LogP contribution in [0, 0.1) is 5.92 Å². The lowest BCUT2D eigenvalue weighted by Gasteiger charge is -2.18. The zero-order valence-electron chi connectivity index (χ0n) is 18.9. The van der Waals surface area contributed by atoms with Crippen LogP contribution in [0.15, 0.2) is 18.2 Å². The average molecular weight is 391 g/mol. The molecule has 0 aliphatic carbocycles. The predicted octanol–water partition coefficient (Wildman–Crippen LogP) is 6.76. The molecule has 28 heavy (non-hydrogen) atoms. The molecule has 1 aromatic rings. The largest absolute Gasteiger partial charge is 0.456 e.